The van der Waals surface area contributed by atoms with Crippen molar-refractivity contribution in [2.75, 3.05) is 5.43 Å². The van der Waals surface area contributed by atoms with Crippen LogP contribution in [0.3, 0.4) is 0 Å². The zero-order valence-electron chi connectivity index (χ0n) is 21.9. The van der Waals surface area contributed by atoms with Crippen LogP contribution in [-0.4, -0.2) is 0 Å². The molecule has 0 amide bonds. The molecule has 2 N–H and O–H groups in total. The van der Waals surface area contributed by atoms with E-state index >= 15 is 0 Å². The molecule has 0 aliphatic rings. The summed E-state index contributed by atoms with van der Waals surface area (Å²) in [6.45, 7) is 17.8. The minimum atomic E-state index is 0. The number of hydrogen-bond donors (Lipinski definition) is 2. The van der Waals surface area contributed by atoms with Gasteiger partial charge in [0.1, 0.15) is 0 Å². The van der Waals surface area contributed by atoms with Gasteiger partial charge in [-0.3, -0.25) is 0 Å². The summed E-state index contributed by atoms with van der Waals surface area (Å²) >= 11 is 0. The first kappa shape index (κ1) is 29.7. The molecule has 0 aliphatic carbocycles. The Morgan fingerprint density at radius 1 is 0.588 bits per heavy atom. The Balaban J connectivity index is 0.000000716. The number of benzene rings is 3. The summed E-state index contributed by atoms with van der Waals surface area (Å²) in [6.07, 6.45) is 0. The van der Waals surface area contributed by atoms with Crippen LogP contribution in [0.25, 0.3) is 5.43 Å². The molecule has 3 rings (SSSR count). The van der Waals surface area contributed by atoms with E-state index in [9.17, 15) is 0 Å². The first-order chi connectivity index (χ1) is 15.7. The minimum absolute atomic E-state index is 0. The number of rotatable bonds is 8. The second kappa shape index (κ2) is 14.9. The minimum Gasteiger partial charge on any atom is -0.604 e. The summed E-state index contributed by atoms with van der Waals surface area (Å²) in [5.41, 5.74) is 18.7. The summed E-state index contributed by atoms with van der Waals surface area (Å²) in [6, 6.07) is 25.5. The largest absolute Gasteiger partial charge is 2.00 e. The third kappa shape index (κ3) is 8.49. The molecule has 0 bridgehead atoms. The predicted octanol–water partition coefficient (Wildman–Crippen LogP) is 9.20. The van der Waals surface area contributed by atoms with Crippen LogP contribution in [0.5, 0.6) is 0 Å². The van der Waals surface area contributed by atoms with Gasteiger partial charge in [-0.25, -0.2) is 0 Å². The van der Waals surface area contributed by atoms with Gasteiger partial charge in [0.25, 0.3) is 0 Å². The Kier molecular flexibility index (Phi) is 13.0. The summed E-state index contributed by atoms with van der Waals surface area (Å²) in [5.74, 6) is 1.75. The first-order valence-electron chi connectivity index (χ1n) is 12.1. The molecular formula is C30H41N3Ni. The van der Waals surface area contributed by atoms with Crippen molar-refractivity contribution in [1.82, 2.24) is 5.53 Å². The summed E-state index contributed by atoms with van der Waals surface area (Å²) < 4.78 is 0. The molecule has 186 valence electrons. The van der Waals surface area contributed by atoms with E-state index in [1.54, 1.807) is 0 Å². The summed E-state index contributed by atoms with van der Waals surface area (Å²) in [4.78, 5) is 0. The van der Waals surface area contributed by atoms with Crippen molar-refractivity contribution in [1.29, 1.82) is 0 Å². The van der Waals surface area contributed by atoms with Gasteiger partial charge in [-0.1, -0.05) is 103 Å². The Morgan fingerprint density at radius 2 is 1.00 bits per heavy atom. The van der Waals surface area contributed by atoms with Gasteiger partial charge in [-0.15, -0.1) is 5.69 Å². The molecule has 0 heterocycles. The Hall–Kier alpha value is -2.29. The molecule has 0 aliphatic heterocycles. The number of hydrogen-bond acceptors (Lipinski definition) is 2. The molecule has 3 nitrogen and oxygen atoms in total. The van der Waals surface area contributed by atoms with E-state index in [0.29, 0.717) is 23.7 Å². The van der Waals surface area contributed by atoms with E-state index in [0.717, 1.165) is 11.4 Å². The zero-order valence-corrected chi connectivity index (χ0v) is 22.9. The number of anilines is 1. The molecule has 0 atom stereocenters. The number of para-hydroxylation sites is 2. The second-order valence-electron chi connectivity index (χ2n) is 9.64. The van der Waals surface area contributed by atoms with Crippen LogP contribution in [0.15, 0.2) is 66.7 Å². The molecule has 3 aromatic rings. The third-order valence-corrected chi connectivity index (χ3v) is 5.67. The smallest absolute Gasteiger partial charge is 0.604 e. The van der Waals surface area contributed by atoms with E-state index < -0.39 is 0 Å². The monoisotopic (exact) mass is 501 g/mol. The molecular weight excluding hydrogens is 461 g/mol. The van der Waals surface area contributed by atoms with Crippen molar-refractivity contribution < 1.29 is 16.5 Å². The molecule has 0 saturated heterocycles. The summed E-state index contributed by atoms with van der Waals surface area (Å²) in [5, 5.41) is 0. The molecule has 0 saturated carbocycles. The summed E-state index contributed by atoms with van der Waals surface area (Å²) in [7, 11) is 0. The van der Waals surface area contributed by atoms with Gasteiger partial charge in [0.15, 0.2) is 0 Å². The fraction of sp³-hybridized carbons (Fsp3) is 0.400. The van der Waals surface area contributed by atoms with Gasteiger partial charge < -0.3 is 16.4 Å². The number of nitrogens with zero attached hydrogens (tertiary/aromatic N) is 1. The Morgan fingerprint density at radius 3 is 1.32 bits per heavy atom. The molecule has 0 radical (unpaired) electrons. The van der Waals surface area contributed by atoms with Crippen LogP contribution < -0.4 is 11.0 Å². The van der Waals surface area contributed by atoms with Gasteiger partial charge in [0.05, 0.1) is 5.69 Å². The van der Waals surface area contributed by atoms with E-state index in [1.165, 1.54) is 22.3 Å². The maximum absolute atomic E-state index is 4.78. The van der Waals surface area contributed by atoms with Crippen LogP contribution in [0.2, 0.25) is 0 Å². The number of nitrogens with one attached hydrogen (secondary N) is 2. The average Bonchev–Trinajstić information content (AvgIpc) is 2.80. The van der Waals surface area contributed by atoms with Crippen LogP contribution in [-0.2, 0) is 16.5 Å². The predicted molar refractivity (Wildman–Crippen MR) is 144 cm³/mol. The second-order valence-corrected chi connectivity index (χ2v) is 9.64. The average molecular weight is 502 g/mol. The van der Waals surface area contributed by atoms with Crippen molar-refractivity contribution in [3.05, 3.63) is 100 Å². The zero-order chi connectivity index (χ0) is 24.4. The van der Waals surface area contributed by atoms with Crippen LogP contribution >= 0.6 is 0 Å². The SMILES string of the molecule is CC(C)c1cccc(C(C)C)c1[N-]NNc1c(C(C)C)cccc1C(C)C.[Ni+2].[c-]1ccccc1. The van der Waals surface area contributed by atoms with Gasteiger partial charge in [-0.05, 0) is 34.8 Å². The fourth-order valence-corrected chi connectivity index (χ4v) is 3.82. The van der Waals surface area contributed by atoms with Crippen LogP contribution in [0.1, 0.15) is 101 Å². The van der Waals surface area contributed by atoms with E-state index in [4.69, 9.17) is 5.43 Å². The van der Waals surface area contributed by atoms with Crippen molar-refractivity contribution in [3.63, 3.8) is 0 Å². The van der Waals surface area contributed by atoms with Gasteiger partial charge in [0.2, 0.25) is 0 Å². The Labute approximate surface area is 218 Å². The van der Waals surface area contributed by atoms with Crippen molar-refractivity contribution in [2.45, 2.75) is 79.1 Å². The van der Waals surface area contributed by atoms with Crippen molar-refractivity contribution in [3.8, 4) is 0 Å². The third-order valence-electron chi connectivity index (χ3n) is 5.67. The molecule has 3 aromatic carbocycles. The standard InChI is InChI=1S/C24H36N3.C6H5.Ni/c1-15(2)19-11-9-12-20(16(3)4)23(19)25-27-26-24-21(17(5)6)13-10-14-22(24)18(7)8;1-2-4-6-5-3-1;/h9-18,25,27H,1-8H3;1-5H;/q2*-1;+2. The van der Waals surface area contributed by atoms with E-state index in [1.807, 2.05) is 30.3 Å². The topological polar surface area (TPSA) is 38.2 Å². The molecule has 0 unspecified atom stereocenters. The van der Waals surface area contributed by atoms with Crippen molar-refractivity contribution >= 4 is 11.4 Å². The molecule has 4 heteroatoms. The maximum atomic E-state index is 4.78. The van der Waals surface area contributed by atoms with E-state index in [2.05, 4.69) is 109 Å². The molecule has 34 heavy (non-hydrogen) atoms. The van der Waals surface area contributed by atoms with Gasteiger partial charge >= 0.3 is 16.5 Å². The first-order valence-corrected chi connectivity index (χ1v) is 12.1. The van der Waals surface area contributed by atoms with Crippen LogP contribution in [0.4, 0.5) is 11.4 Å². The van der Waals surface area contributed by atoms with Crippen molar-refractivity contribution in [2.24, 2.45) is 0 Å². The van der Waals surface area contributed by atoms with E-state index in [-0.39, 0.29) is 16.5 Å². The molecule has 0 spiro atoms. The number of hydrazine groups is 1. The normalized spacial score (nSPS) is 10.7. The maximum Gasteiger partial charge on any atom is 2.00 e. The molecule has 0 fully saturated rings. The Bertz CT molecular complexity index is 823. The van der Waals surface area contributed by atoms with Gasteiger partial charge in [-0.2, -0.15) is 36.4 Å². The van der Waals surface area contributed by atoms with Gasteiger partial charge in [0, 0.05) is 0 Å². The molecule has 0 aromatic heterocycles. The van der Waals surface area contributed by atoms with Crippen LogP contribution in [0, 0.1) is 6.07 Å². The fourth-order valence-electron chi connectivity index (χ4n) is 3.82. The quantitative estimate of drug-likeness (QED) is 0.183.